The van der Waals surface area contributed by atoms with Gasteiger partial charge in [0.15, 0.2) is 24.7 Å². The number of hydrogen-bond acceptors (Lipinski definition) is 6. The summed E-state index contributed by atoms with van der Waals surface area (Å²) in [5.41, 5.74) is 1.35. The van der Waals surface area contributed by atoms with E-state index in [-0.39, 0.29) is 12.6 Å². The Morgan fingerprint density at radius 1 is 0.783 bits per heavy atom. The predicted molar refractivity (Wildman–Crippen MR) is 83.6 cm³/mol. The summed E-state index contributed by atoms with van der Waals surface area (Å²) in [6.07, 6.45) is 7.94. The van der Waals surface area contributed by atoms with Crippen LogP contribution in [0.2, 0.25) is 0 Å². The van der Waals surface area contributed by atoms with Gasteiger partial charge >= 0.3 is 0 Å². The molecule has 0 aliphatic rings. The zero-order chi connectivity index (χ0) is 16.8. The number of H-pyrrole nitrogens is 1. The van der Waals surface area contributed by atoms with Crippen LogP contribution >= 0.6 is 0 Å². The van der Waals surface area contributed by atoms with Gasteiger partial charge < -0.3 is 4.98 Å². The summed E-state index contributed by atoms with van der Waals surface area (Å²) in [6, 6.07) is 10.9. The molecule has 0 unspecified atom stereocenters. The minimum Gasteiger partial charge on any atom is -0.343 e. The molecule has 116 valence electrons. The van der Waals surface area contributed by atoms with Crippen molar-refractivity contribution in [1.82, 2.24) is 19.9 Å². The van der Waals surface area contributed by atoms with Gasteiger partial charge in [-0.2, -0.15) is 0 Å². The van der Waals surface area contributed by atoms with Gasteiger partial charge in [0.2, 0.25) is 0 Å². The molecule has 0 saturated heterocycles. The summed E-state index contributed by atoms with van der Waals surface area (Å²) in [5.74, 6) is 0.811. The largest absolute Gasteiger partial charge is 0.343 e. The average Bonchev–Trinajstić information content (AvgIpc) is 3.19. The van der Waals surface area contributed by atoms with Crippen molar-refractivity contribution in [3.05, 3.63) is 66.9 Å². The van der Waals surface area contributed by atoms with E-state index in [0.29, 0.717) is 5.69 Å². The van der Waals surface area contributed by atoms with E-state index in [0.717, 1.165) is 17.8 Å². The molecule has 3 aromatic heterocycles. The summed E-state index contributed by atoms with van der Waals surface area (Å²) >= 11 is 0. The van der Waals surface area contributed by atoms with Crippen LogP contribution in [-0.4, -0.2) is 38.8 Å². The van der Waals surface area contributed by atoms with Gasteiger partial charge in [-0.1, -0.05) is 12.1 Å². The lowest BCUT2D eigenvalue weighted by Crippen LogP contribution is -1.82. The number of nitrogens with one attached hydrogen (secondary N) is 1. The molecular weight excluding hydrogens is 296 g/mol. The smallest absolute Gasteiger partial charge is 0.182 e. The highest BCUT2D eigenvalue weighted by atomic mass is 16.2. The number of carbonyl (C=O) groups excluding carboxylic acids is 3. The van der Waals surface area contributed by atoms with Crippen LogP contribution in [0, 0.1) is 0 Å². The standard InChI is InChI=1S/C8H7N3.C6H5NO.C2H2O2/c1-2-4-9-7(3-1)8-10-5-6-11-8;8-5-6-3-1-2-4-7-6;3-1-2-4/h1-6H,(H,10,11);1-5H;1-2H. The first-order chi connectivity index (χ1) is 11.3. The molecule has 3 aromatic rings. The average molecular weight is 310 g/mol. The van der Waals surface area contributed by atoms with Crippen molar-refractivity contribution in [1.29, 1.82) is 0 Å². The number of hydrogen-bond donors (Lipinski definition) is 1. The van der Waals surface area contributed by atoms with Crippen LogP contribution < -0.4 is 0 Å². The third-order valence-electron chi connectivity index (χ3n) is 2.27. The molecule has 0 fully saturated rings. The van der Waals surface area contributed by atoms with Crippen LogP contribution in [0.1, 0.15) is 10.5 Å². The number of aldehydes is 3. The maximum atomic E-state index is 9.94. The van der Waals surface area contributed by atoms with E-state index < -0.39 is 0 Å². The molecule has 0 spiro atoms. The van der Waals surface area contributed by atoms with E-state index in [1.165, 1.54) is 0 Å². The maximum absolute atomic E-state index is 9.94. The Labute approximate surface area is 132 Å². The van der Waals surface area contributed by atoms with Crippen molar-refractivity contribution in [2.24, 2.45) is 0 Å². The number of aromatic amines is 1. The van der Waals surface area contributed by atoms with Crippen LogP contribution in [0.4, 0.5) is 0 Å². The quantitative estimate of drug-likeness (QED) is 0.583. The summed E-state index contributed by atoms with van der Waals surface area (Å²) in [4.78, 5) is 42.5. The fourth-order valence-electron chi connectivity index (χ4n) is 1.35. The van der Waals surface area contributed by atoms with Gasteiger partial charge in [-0.15, -0.1) is 0 Å². The Balaban J connectivity index is 0.000000194. The Hall–Kier alpha value is -3.48. The maximum Gasteiger partial charge on any atom is 0.182 e. The van der Waals surface area contributed by atoms with E-state index in [1.54, 1.807) is 43.0 Å². The van der Waals surface area contributed by atoms with E-state index in [1.807, 2.05) is 18.2 Å². The first-order valence-corrected chi connectivity index (χ1v) is 6.47. The fourth-order valence-corrected chi connectivity index (χ4v) is 1.35. The first kappa shape index (κ1) is 17.6. The van der Waals surface area contributed by atoms with Gasteiger partial charge in [-0.05, 0) is 24.3 Å². The highest BCUT2D eigenvalue weighted by Crippen LogP contribution is 2.08. The number of imidazole rings is 1. The lowest BCUT2D eigenvalue weighted by atomic mass is 10.3. The van der Waals surface area contributed by atoms with E-state index in [9.17, 15) is 4.79 Å². The van der Waals surface area contributed by atoms with Gasteiger partial charge in [0.25, 0.3) is 0 Å². The fraction of sp³-hybridized carbons (Fsp3) is 0. The van der Waals surface area contributed by atoms with Crippen molar-refractivity contribution in [2.45, 2.75) is 0 Å². The molecular formula is C16H14N4O3. The Bertz CT molecular complexity index is 680. The third kappa shape index (κ3) is 7.19. The minimum atomic E-state index is 0.194. The number of pyridine rings is 2. The number of carbonyl (C=O) groups is 3. The van der Waals surface area contributed by atoms with Gasteiger partial charge in [0.1, 0.15) is 11.4 Å². The molecule has 0 radical (unpaired) electrons. The van der Waals surface area contributed by atoms with Crippen LogP contribution in [0.5, 0.6) is 0 Å². The Kier molecular flexibility index (Phi) is 8.56. The van der Waals surface area contributed by atoms with Crippen LogP contribution in [0.15, 0.2) is 61.2 Å². The van der Waals surface area contributed by atoms with Crippen LogP contribution in [0.3, 0.4) is 0 Å². The van der Waals surface area contributed by atoms with Crippen molar-refractivity contribution < 1.29 is 14.4 Å². The third-order valence-corrected chi connectivity index (χ3v) is 2.27. The Morgan fingerprint density at radius 3 is 1.87 bits per heavy atom. The normalized spacial score (nSPS) is 8.52. The predicted octanol–water partition coefficient (Wildman–Crippen LogP) is 1.75. The molecule has 0 aliphatic carbocycles. The van der Waals surface area contributed by atoms with E-state index >= 15 is 0 Å². The molecule has 0 aromatic carbocycles. The van der Waals surface area contributed by atoms with Gasteiger partial charge in [0, 0.05) is 24.8 Å². The zero-order valence-electron chi connectivity index (χ0n) is 12.1. The van der Waals surface area contributed by atoms with Gasteiger partial charge in [0.05, 0.1) is 0 Å². The molecule has 0 atom stereocenters. The monoisotopic (exact) mass is 310 g/mol. The molecule has 7 heteroatoms. The molecule has 7 nitrogen and oxygen atoms in total. The van der Waals surface area contributed by atoms with Crippen molar-refractivity contribution in [3.8, 4) is 11.5 Å². The first-order valence-electron chi connectivity index (χ1n) is 6.47. The second-order valence-electron chi connectivity index (χ2n) is 3.80. The highest BCUT2D eigenvalue weighted by Gasteiger charge is 1.96. The number of aromatic nitrogens is 4. The van der Waals surface area contributed by atoms with E-state index in [4.69, 9.17) is 9.59 Å². The summed E-state index contributed by atoms with van der Waals surface area (Å²) in [5, 5.41) is 0. The lowest BCUT2D eigenvalue weighted by Gasteiger charge is -1.91. The minimum absolute atomic E-state index is 0.194. The molecule has 0 amide bonds. The van der Waals surface area contributed by atoms with Crippen molar-refractivity contribution in [2.75, 3.05) is 0 Å². The summed E-state index contributed by atoms with van der Waals surface area (Å²) < 4.78 is 0. The molecule has 0 bridgehead atoms. The van der Waals surface area contributed by atoms with Crippen molar-refractivity contribution in [3.63, 3.8) is 0 Å². The zero-order valence-corrected chi connectivity index (χ0v) is 12.1. The van der Waals surface area contributed by atoms with Crippen LogP contribution in [-0.2, 0) is 9.59 Å². The SMILES string of the molecule is O=CC=O.O=Cc1ccccn1.c1ccc(-c2ncc[nH]2)nc1. The van der Waals surface area contributed by atoms with Crippen molar-refractivity contribution >= 4 is 18.9 Å². The van der Waals surface area contributed by atoms with Gasteiger partial charge in [-0.3, -0.25) is 24.4 Å². The van der Waals surface area contributed by atoms with Crippen LogP contribution in [0.25, 0.3) is 11.5 Å². The second kappa shape index (κ2) is 11.2. The highest BCUT2D eigenvalue weighted by molar-refractivity contribution is 6.09. The molecule has 0 saturated carbocycles. The molecule has 23 heavy (non-hydrogen) atoms. The molecule has 3 rings (SSSR count). The lowest BCUT2D eigenvalue weighted by molar-refractivity contribution is -0.122. The summed E-state index contributed by atoms with van der Waals surface area (Å²) in [6.45, 7) is 0. The number of nitrogens with zero attached hydrogens (tertiary/aromatic N) is 3. The molecule has 0 aliphatic heterocycles. The number of rotatable bonds is 3. The van der Waals surface area contributed by atoms with Gasteiger partial charge in [-0.25, -0.2) is 4.98 Å². The topological polar surface area (TPSA) is 106 Å². The molecule has 3 heterocycles. The molecule has 1 N–H and O–H groups in total. The Morgan fingerprint density at radius 2 is 1.48 bits per heavy atom. The van der Waals surface area contributed by atoms with E-state index in [2.05, 4.69) is 19.9 Å². The second-order valence-corrected chi connectivity index (χ2v) is 3.80. The summed E-state index contributed by atoms with van der Waals surface area (Å²) in [7, 11) is 0.